The van der Waals surface area contributed by atoms with Gasteiger partial charge in [-0.1, -0.05) is 11.6 Å². The quantitative estimate of drug-likeness (QED) is 0.731. The molecular formula is C10H13ClN2O2. The molecule has 0 spiro atoms. The largest absolute Gasteiger partial charge is 0.393 e. The molecule has 1 fully saturated rings. The number of aliphatic hydroxyl groups excluding tert-OH is 1. The van der Waals surface area contributed by atoms with E-state index in [0.717, 1.165) is 12.2 Å². The van der Waals surface area contributed by atoms with Gasteiger partial charge in [0.25, 0.3) is 0 Å². The van der Waals surface area contributed by atoms with Gasteiger partial charge in [-0.15, -0.1) is 0 Å². The maximum Gasteiger partial charge on any atom is 0.131 e. The summed E-state index contributed by atoms with van der Waals surface area (Å²) in [5, 5.41) is 19.3. The van der Waals surface area contributed by atoms with Crippen molar-refractivity contribution in [3.63, 3.8) is 0 Å². The summed E-state index contributed by atoms with van der Waals surface area (Å²) in [4.78, 5) is 5.88. The molecule has 1 aliphatic rings. The minimum atomic E-state index is -0.976. The first-order valence-electron chi connectivity index (χ1n) is 4.83. The van der Waals surface area contributed by atoms with E-state index in [0.29, 0.717) is 18.1 Å². The standard InChI is InChI=1S/C10H13ClN2O2/c11-9-5-8(1-3-12-9)13-4-2-10(15,6-13)7-14/h1,3,5,14-15H,2,4,6-7H2. The second kappa shape index (κ2) is 3.96. The maximum absolute atomic E-state index is 9.86. The minimum Gasteiger partial charge on any atom is -0.393 e. The topological polar surface area (TPSA) is 56.6 Å². The lowest BCUT2D eigenvalue weighted by molar-refractivity contribution is 0.00476. The number of hydrogen-bond acceptors (Lipinski definition) is 4. The highest BCUT2D eigenvalue weighted by atomic mass is 35.5. The van der Waals surface area contributed by atoms with Crippen molar-refractivity contribution in [2.75, 3.05) is 24.6 Å². The van der Waals surface area contributed by atoms with E-state index in [1.165, 1.54) is 0 Å². The number of aliphatic hydroxyl groups is 2. The molecule has 1 atom stereocenters. The Labute approximate surface area is 93.1 Å². The highest BCUT2D eigenvalue weighted by Gasteiger charge is 2.35. The fourth-order valence-electron chi connectivity index (χ4n) is 1.79. The second-order valence-corrected chi connectivity index (χ2v) is 4.28. The third-order valence-corrected chi connectivity index (χ3v) is 2.91. The Morgan fingerprint density at radius 3 is 3.00 bits per heavy atom. The summed E-state index contributed by atoms with van der Waals surface area (Å²) in [6.07, 6.45) is 2.21. The smallest absolute Gasteiger partial charge is 0.131 e. The van der Waals surface area contributed by atoms with Gasteiger partial charge in [-0.3, -0.25) is 0 Å². The molecule has 0 saturated carbocycles. The zero-order valence-corrected chi connectivity index (χ0v) is 8.98. The third-order valence-electron chi connectivity index (χ3n) is 2.70. The normalized spacial score (nSPS) is 25.9. The molecule has 2 rings (SSSR count). The van der Waals surface area contributed by atoms with Crippen LogP contribution in [0, 0.1) is 0 Å². The van der Waals surface area contributed by atoms with Crippen LogP contribution in [0.1, 0.15) is 6.42 Å². The zero-order chi connectivity index (χ0) is 10.9. The average Bonchev–Trinajstić information content (AvgIpc) is 2.62. The fraction of sp³-hybridized carbons (Fsp3) is 0.500. The monoisotopic (exact) mass is 228 g/mol. The van der Waals surface area contributed by atoms with Crippen LogP contribution in [0.25, 0.3) is 0 Å². The molecule has 5 heteroatoms. The van der Waals surface area contributed by atoms with Gasteiger partial charge in [-0.25, -0.2) is 4.98 Å². The summed E-state index contributed by atoms with van der Waals surface area (Å²) >= 11 is 5.78. The molecule has 1 unspecified atom stereocenters. The Balaban J connectivity index is 2.14. The number of halogens is 1. The van der Waals surface area contributed by atoms with Crippen LogP contribution in [-0.2, 0) is 0 Å². The molecule has 0 radical (unpaired) electrons. The van der Waals surface area contributed by atoms with E-state index in [-0.39, 0.29) is 6.61 Å². The second-order valence-electron chi connectivity index (χ2n) is 3.89. The van der Waals surface area contributed by atoms with Crippen molar-refractivity contribution in [3.8, 4) is 0 Å². The van der Waals surface area contributed by atoms with Crippen LogP contribution < -0.4 is 4.90 Å². The number of rotatable bonds is 2. The van der Waals surface area contributed by atoms with E-state index in [2.05, 4.69) is 4.98 Å². The lowest BCUT2D eigenvalue weighted by atomic mass is 10.1. The summed E-state index contributed by atoms with van der Waals surface area (Å²) in [5.74, 6) is 0. The number of β-amino-alcohol motifs (C(OH)–C–C–N with tert-alkyl or cyclic N) is 1. The van der Waals surface area contributed by atoms with Crippen molar-refractivity contribution in [3.05, 3.63) is 23.5 Å². The van der Waals surface area contributed by atoms with Gasteiger partial charge in [0.2, 0.25) is 0 Å². The van der Waals surface area contributed by atoms with Crippen molar-refractivity contribution >= 4 is 17.3 Å². The van der Waals surface area contributed by atoms with Gasteiger partial charge < -0.3 is 15.1 Å². The molecule has 0 aromatic carbocycles. The van der Waals surface area contributed by atoms with E-state index in [1.54, 1.807) is 12.3 Å². The van der Waals surface area contributed by atoms with Gasteiger partial charge in [0, 0.05) is 25.0 Å². The van der Waals surface area contributed by atoms with Crippen molar-refractivity contribution in [2.45, 2.75) is 12.0 Å². The Morgan fingerprint density at radius 2 is 2.40 bits per heavy atom. The van der Waals surface area contributed by atoms with Crippen LogP contribution in [0.15, 0.2) is 18.3 Å². The Hall–Kier alpha value is -0.840. The van der Waals surface area contributed by atoms with Crippen molar-refractivity contribution in [1.82, 2.24) is 4.98 Å². The van der Waals surface area contributed by atoms with Gasteiger partial charge >= 0.3 is 0 Å². The van der Waals surface area contributed by atoms with E-state index >= 15 is 0 Å². The first kappa shape index (κ1) is 10.7. The number of hydrogen-bond donors (Lipinski definition) is 2. The predicted octanol–water partition coefficient (Wildman–Crippen LogP) is 0.668. The SMILES string of the molecule is OCC1(O)CCN(c2ccnc(Cl)c2)C1. The Morgan fingerprint density at radius 1 is 1.60 bits per heavy atom. The summed E-state index contributed by atoms with van der Waals surface area (Å²) in [6, 6.07) is 3.60. The maximum atomic E-state index is 9.86. The molecule has 82 valence electrons. The number of aromatic nitrogens is 1. The van der Waals surface area contributed by atoms with Gasteiger partial charge in [0.1, 0.15) is 10.8 Å². The summed E-state index contributed by atoms with van der Waals surface area (Å²) in [6.45, 7) is 0.948. The molecule has 2 heterocycles. The summed E-state index contributed by atoms with van der Waals surface area (Å²) in [5.41, 5.74) is -0.0465. The van der Waals surface area contributed by atoms with Crippen molar-refractivity contribution < 1.29 is 10.2 Å². The van der Waals surface area contributed by atoms with Gasteiger partial charge in [-0.05, 0) is 18.6 Å². The minimum absolute atomic E-state index is 0.206. The lowest BCUT2D eigenvalue weighted by Crippen LogP contribution is -2.36. The predicted molar refractivity (Wildman–Crippen MR) is 58.1 cm³/mol. The molecule has 2 N–H and O–H groups in total. The number of nitrogens with zero attached hydrogens (tertiary/aromatic N) is 2. The zero-order valence-electron chi connectivity index (χ0n) is 8.23. The van der Waals surface area contributed by atoms with Crippen LogP contribution in [-0.4, -0.2) is 40.5 Å². The lowest BCUT2D eigenvalue weighted by Gasteiger charge is -2.22. The summed E-state index contributed by atoms with van der Waals surface area (Å²) < 4.78 is 0. The number of pyridine rings is 1. The Kier molecular flexibility index (Phi) is 2.82. The first-order chi connectivity index (χ1) is 7.13. The molecule has 4 nitrogen and oxygen atoms in total. The Bertz CT molecular complexity index is 361. The van der Waals surface area contributed by atoms with E-state index < -0.39 is 5.60 Å². The summed E-state index contributed by atoms with van der Waals surface area (Å²) in [7, 11) is 0. The fourth-order valence-corrected chi connectivity index (χ4v) is 1.96. The molecule has 0 amide bonds. The van der Waals surface area contributed by atoms with Gasteiger partial charge in [0.05, 0.1) is 6.61 Å². The molecule has 15 heavy (non-hydrogen) atoms. The van der Waals surface area contributed by atoms with Crippen molar-refractivity contribution in [2.24, 2.45) is 0 Å². The molecular weight excluding hydrogens is 216 g/mol. The van der Waals surface area contributed by atoms with Crippen LogP contribution in [0.5, 0.6) is 0 Å². The van der Waals surface area contributed by atoms with Gasteiger partial charge in [-0.2, -0.15) is 0 Å². The number of anilines is 1. The van der Waals surface area contributed by atoms with Crippen LogP contribution in [0.3, 0.4) is 0 Å². The molecule has 1 saturated heterocycles. The van der Waals surface area contributed by atoms with Crippen LogP contribution in [0.2, 0.25) is 5.15 Å². The molecule has 1 aliphatic heterocycles. The average molecular weight is 229 g/mol. The van der Waals surface area contributed by atoms with E-state index in [9.17, 15) is 5.11 Å². The third kappa shape index (κ3) is 2.22. The molecule has 0 bridgehead atoms. The molecule has 0 aliphatic carbocycles. The van der Waals surface area contributed by atoms with Crippen LogP contribution in [0.4, 0.5) is 5.69 Å². The van der Waals surface area contributed by atoms with Crippen molar-refractivity contribution in [1.29, 1.82) is 0 Å². The highest BCUT2D eigenvalue weighted by Crippen LogP contribution is 2.27. The van der Waals surface area contributed by atoms with Gasteiger partial charge in [0.15, 0.2) is 0 Å². The first-order valence-corrected chi connectivity index (χ1v) is 5.20. The highest BCUT2D eigenvalue weighted by molar-refractivity contribution is 6.29. The van der Waals surface area contributed by atoms with E-state index in [4.69, 9.17) is 16.7 Å². The van der Waals surface area contributed by atoms with Crippen LogP contribution >= 0.6 is 11.6 Å². The molecule has 1 aromatic heterocycles. The molecule has 1 aromatic rings. The van der Waals surface area contributed by atoms with E-state index in [1.807, 2.05) is 11.0 Å².